The molecule has 3 aromatic heterocycles. The second kappa shape index (κ2) is 5.84. The average Bonchev–Trinajstić information content (AvgIpc) is 3.28. The summed E-state index contributed by atoms with van der Waals surface area (Å²) in [6, 6.07) is 3.86. The summed E-state index contributed by atoms with van der Waals surface area (Å²) in [6.45, 7) is 1.97. The highest BCUT2D eigenvalue weighted by atomic mass is 19.1. The van der Waals surface area contributed by atoms with Crippen molar-refractivity contribution in [1.82, 2.24) is 29.1 Å². The molecule has 0 radical (unpaired) electrons. The molecule has 3 aliphatic carbocycles. The molecular weight excluding hydrogens is 385 g/mol. The average molecular weight is 405 g/mol. The molecule has 1 aromatic carbocycles. The summed E-state index contributed by atoms with van der Waals surface area (Å²) in [7, 11) is 1.71. The van der Waals surface area contributed by atoms with Gasteiger partial charge in [-0.3, -0.25) is 19.1 Å². The first-order chi connectivity index (χ1) is 14.4. The summed E-state index contributed by atoms with van der Waals surface area (Å²) in [5, 5.41) is 3.25. The fraction of sp³-hybridized carbons (Fsp3) is 0.381. The molecular formula is C21H20FN7O. The maximum atomic E-state index is 14.2. The van der Waals surface area contributed by atoms with Crippen molar-refractivity contribution in [3.8, 4) is 0 Å². The minimum Gasteiger partial charge on any atom is -0.324 e. The zero-order chi connectivity index (χ0) is 20.6. The van der Waals surface area contributed by atoms with Crippen LogP contribution in [0, 0.1) is 12.8 Å². The number of halogens is 1. The number of alkyl halides is 1. The molecule has 3 heterocycles. The number of imidazole rings is 1. The van der Waals surface area contributed by atoms with Crippen molar-refractivity contribution < 1.29 is 4.39 Å². The Bertz CT molecular complexity index is 1390. The van der Waals surface area contributed by atoms with E-state index in [0.717, 1.165) is 22.3 Å². The van der Waals surface area contributed by atoms with E-state index in [0.29, 0.717) is 36.4 Å². The predicted molar refractivity (Wildman–Crippen MR) is 111 cm³/mol. The highest BCUT2D eigenvalue weighted by Crippen LogP contribution is 2.58. The Labute approximate surface area is 170 Å². The van der Waals surface area contributed by atoms with Gasteiger partial charge < -0.3 is 5.32 Å². The Balaban J connectivity index is 1.46. The lowest BCUT2D eigenvalue weighted by molar-refractivity contribution is 0.139. The molecule has 1 N–H and O–H groups in total. The molecule has 152 valence electrons. The van der Waals surface area contributed by atoms with Crippen molar-refractivity contribution >= 4 is 33.8 Å². The summed E-state index contributed by atoms with van der Waals surface area (Å²) in [5.74, 6) is 0.447. The number of aryl methyl sites for hydroxylation is 2. The quantitative estimate of drug-likeness (QED) is 0.564. The van der Waals surface area contributed by atoms with E-state index in [1.807, 2.05) is 19.1 Å². The van der Waals surface area contributed by atoms with Gasteiger partial charge in [0, 0.05) is 31.5 Å². The lowest BCUT2D eigenvalue weighted by Gasteiger charge is -2.38. The molecule has 3 saturated carbocycles. The van der Waals surface area contributed by atoms with Crippen molar-refractivity contribution in [2.24, 2.45) is 13.0 Å². The summed E-state index contributed by atoms with van der Waals surface area (Å²) in [6.07, 6.45) is 5.89. The second-order valence-electron chi connectivity index (χ2n) is 8.53. The summed E-state index contributed by atoms with van der Waals surface area (Å²) in [5.41, 5.74) is 3.95. The number of hydrogen-bond acceptors (Lipinski definition) is 6. The molecule has 30 heavy (non-hydrogen) atoms. The van der Waals surface area contributed by atoms with E-state index in [4.69, 9.17) is 0 Å². The van der Waals surface area contributed by atoms with Gasteiger partial charge in [0.25, 0.3) is 0 Å². The number of anilines is 2. The first kappa shape index (κ1) is 17.5. The van der Waals surface area contributed by atoms with Crippen molar-refractivity contribution in [1.29, 1.82) is 0 Å². The molecule has 0 aliphatic heterocycles. The normalized spacial score (nSPS) is 25.0. The number of rotatable bonds is 3. The van der Waals surface area contributed by atoms with Gasteiger partial charge in [-0.25, -0.2) is 14.2 Å². The summed E-state index contributed by atoms with van der Waals surface area (Å²) >= 11 is 0. The van der Waals surface area contributed by atoms with Crippen molar-refractivity contribution in [3.63, 3.8) is 0 Å². The molecule has 0 spiro atoms. The van der Waals surface area contributed by atoms with Gasteiger partial charge in [-0.1, -0.05) is 0 Å². The second-order valence-corrected chi connectivity index (χ2v) is 8.53. The smallest absolute Gasteiger partial charge is 0.324 e. The van der Waals surface area contributed by atoms with E-state index >= 15 is 0 Å². The molecule has 8 nitrogen and oxygen atoms in total. The first-order valence-corrected chi connectivity index (χ1v) is 10.0. The fourth-order valence-corrected chi connectivity index (χ4v) is 5.11. The van der Waals surface area contributed by atoms with Crippen LogP contribution in [0.3, 0.4) is 0 Å². The van der Waals surface area contributed by atoms with Crippen LogP contribution >= 0.6 is 0 Å². The van der Waals surface area contributed by atoms with Crippen molar-refractivity contribution in [3.05, 3.63) is 46.8 Å². The van der Waals surface area contributed by atoms with Crippen LogP contribution in [0.5, 0.6) is 0 Å². The van der Waals surface area contributed by atoms with E-state index in [1.54, 1.807) is 34.8 Å². The molecule has 9 heteroatoms. The standard InChI is InChI=1S/C21H20FN7O/c1-11-5-15-16(24-4-3-23-15)6-14(11)26-19-25-10-17-18(27-19)29(20(30)28(17)2)21-7-12(8-21)13(22)9-21/h3-6,10,12-13H,7-9H2,1-2H3,(H,25,26,27)/t12?,13-,21?/m0/s1. The van der Waals surface area contributed by atoms with E-state index in [9.17, 15) is 9.18 Å². The van der Waals surface area contributed by atoms with Crippen molar-refractivity contribution in [2.45, 2.75) is 37.9 Å². The van der Waals surface area contributed by atoms with Gasteiger partial charge in [-0.15, -0.1) is 0 Å². The molecule has 0 amide bonds. The van der Waals surface area contributed by atoms with Crippen LogP contribution in [0.2, 0.25) is 0 Å². The Morgan fingerprint density at radius 1 is 1.13 bits per heavy atom. The monoisotopic (exact) mass is 405 g/mol. The van der Waals surface area contributed by atoms with Gasteiger partial charge in [0.1, 0.15) is 11.7 Å². The predicted octanol–water partition coefficient (Wildman–Crippen LogP) is 2.97. The number of aromatic nitrogens is 6. The molecule has 0 saturated heterocycles. The number of nitrogens with one attached hydrogen (secondary N) is 1. The zero-order valence-electron chi connectivity index (χ0n) is 16.6. The highest BCUT2D eigenvalue weighted by molar-refractivity contribution is 5.82. The van der Waals surface area contributed by atoms with Gasteiger partial charge in [0.2, 0.25) is 5.95 Å². The van der Waals surface area contributed by atoms with Crippen LogP contribution in [0.25, 0.3) is 22.2 Å². The third-order valence-electron chi connectivity index (χ3n) is 6.71. The van der Waals surface area contributed by atoms with E-state index < -0.39 is 11.7 Å². The summed E-state index contributed by atoms with van der Waals surface area (Å²) < 4.78 is 17.4. The lowest BCUT2D eigenvalue weighted by Crippen LogP contribution is -2.45. The Morgan fingerprint density at radius 3 is 2.57 bits per heavy atom. The molecule has 3 aliphatic rings. The van der Waals surface area contributed by atoms with Crippen LogP contribution in [0.1, 0.15) is 24.8 Å². The fourth-order valence-electron chi connectivity index (χ4n) is 5.11. The molecule has 2 bridgehead atoms. The first-order valence-electron chi connectivity index (χ1n) is 10.0. The number of benzene rings is 1. The molecule has 4 aromatic rings. The Hall–Kier alpha value is -3.36. The highest BCUT2D eigenvalue weighted by Gasteiger charge is 2.59. The van der Waals surface area contributed by atoms with Gasteiger partial charge in [0.05, 0.1) is 22.8 Å². The van der Waals surface area contributed by atoms with Gasteiger partial charge in [-0.2, -0.15) is 4.98 Å². The number of fused-ring (bicyclic) bond motifs is 3. The Morgan fingerprint density at radius 2 is 1.87 bits per heavy atom. The van der Waals surface area contributed by atoms with Crippen LogP contribution in [0.4, 0.5) is 16.0 Å². The Kier molecular flexibility index (Phi) is 3.40. The van der Waals surface area contributed by atoms with E-state index in [1.165, 1.54) is 0 Å². The van der Waals surface area contributed by atoms with Crippen LogP contribution in [-0.4, -0.2) is 35.2 Å². The summed E-state index contributed by atoms with van der Waals surface area (Å²) in [4.78, 5) is 30.7. The van der Waals surface area contributed by atoms with Crippen LogP contribution in [-0.2, 0) is 12.6 Å². The minimum absolute atomic E-state index is 0.0629. The SMILES string of the molecule is Cc1cc2nccnc2cc1Nc1ncc2c(n1)n(C13CC(C1)[C@@H](F)C3)c(=O)n2C. The zero-order valence-corrected chi connectivity index (χ0v) is 16.6. The van der Waals surface area contributed by atoms with Crippen LogP contribution in [0.15, 0.2) is 35.5 Å². The maximum absolute atomic E-state index is 14.2. The molecule has 7 rings (SSSR count). The minimum atomic E-state index is -0.840. The molecule has 3 fully saturated rings. The van der Waals surface area contributed by atoms with Gasteiger partial charge in [-0.05, 0) is 43.4 Å². The van der Waals surface area contributed by atoms with E-state index in [2.05, 4.69) is 25.3 Å². The molecule has 1 atom stereocenters. The number of hydrogen-bond donors (Lipinski definition) is 1. The lowest BCUT2D eigenvalue weighted by atomic mass is 9.77. The third-order valence-corrected chi connectivity index (χ3v) is 6.71. The van der Waals surface area contributed by atoms with Gasteiger partial charge >= 0.3 is 5.69 Å². The molecule has 0 unspecified atom stereocenters. The maximum Gasteiger partial charge on any atom is 0.330 e. The van der Waals surface area contributed by atoms with Crippen molar-refractivity contribution in [2.75, 3.05) is 5.32 Å². The largest absolute Gasteiger partial charge is 0.330 e. The number of nitrogens with zero attached hydrogens (tertiary/aromatic N) is 6. The third kappa shape index (κ3) is 2.28. The van der Waals surface area contributed by atoms with Crippen LogP contribution < -0.4 is 11.0 Å². The van der Waals surface area contributed by atoms with E-state index in [-0.39, 0.29) is 11.6 Å². The topological polar surface area (TPSA) is 90.5 Å². The van der Waals surface area contributed by atoms with Gasteiger partial charge in [0.15, 0.2) is 5.65 Å².